The molecule has 0 spiro atoms. The van der Waals surface area contributed by atoms with E-state index in [2.05, 4.69) is 132 Å². The summed E-state index contributed by atoms with van der Waals surface area (Å²) in [6.07, 6.45) is 15.8. The van der Waals surface area contributed by atoms with Crippen molar-refractivity contribution in [3.05, 3.63) is 119 Å². The highest BCUT2D eigenvalue weighted by Crippen LogP contribution is 2.59. The van der Waals surface area contributed by atoms with Crippen LogP contribution in [0.3, 0.4) is 0 Å². The van der Waals surface area contributed by atoms with Gasteiger partial charge in [-0.25, -0.2) is 0 Å². The Balaban J connectivity index is 2.03. The zero-order chi connectivity index (χ0) is 31.9. The average molecular weight is 637 g/mol. The first-order valence-corrected chi connectivity index (χ1v) is 20.9. The summed E-state index contributed by atoms with van der Waals surface area (Å²) in [7, 11) is -1.19. The van der Waals surface area contributed by atoms with Crippen molar-refractivity contribution in [3.8, 4) is 0 Å². The van der Waals surface area contributed by atoms with Crippen LogP contribution >= 0.6 is 15.8 Å². The second-order valence-electron chi connectivity index (χ2n) is 12.6. The number of rotatable bonds is 19. The lowest BCUT2D eigenvalue weighted by Crippen LogP contribution is -2.32. The largest absolute Gasteiger partial charge is 0.0654 e. The lowest BCUT2D eigenvalue weighted by Gasteiger charge is -2.38. The molecule has 0 aliphatic carbocycles. The van der Waals surface area contributed by atoms with E-state index in [9.17, 15) is 0 Å². The van der Waals surface area contributed by atoms with Gasteiger partial charge in [0.15, 0.2) is 0 Å². The Morgan fingerprint density at radius 2 is 0.622 bits per heavy atom. The lowest BCUT2D eigenvalue weighted by atomic mass is 10.1. The predicted molar refractivity (Wildman–Crippen MR) is 207 cm³/mol. The van der Waals surface area contributed by atoms with Crippen LogP contribution in [-0.4, -0.2) is 5.40 Å². The maximum absolute atomic E-state index is 2.52. The SMILES string of the molecule is CCCCc1ccccc1P(c1ccccc1CCCC)C(CC)P(c1ccccc1CCCC)c1ccccc1CCCC. The smallest absolute Gasteiger partial charge is 0.0152 e. The molecule has 4 aromatic rings. The Morgan fingerprint density at radius 3 is 0.844 bits per heavy atom. The van der Waals surface area contributed by atoms with Gasteiger partial charge in [0.25, 0.3) is 0 Å². The van der Waals surface area contributed by atoms with Crippen molar-refractivity contribution in [1.29, 1.82) is 0 Å². The molecular formula is C43H58P2. The Labute approximate surface area is 279 Å². The van der Waals surface area contributed by atoms with E-state index in [1.807, 2.05) is 0 Å². The van der Waals surface area contributed by atoms with Crippen molar-refractivity contribution in [2.75, 3.05) is 0 Å². The van der Waals surface area contributed by atoms with Gasteiger partial charge in [-0.15, -0.1) is 0 Å². The van der Waals surface area contributed by atoms with Gasteiger partial charge in [0, 0.05) is 5.40 Å². The Morgan fingerprint density at radius 1 is 0.378 bits per heavy atom. The molecule has 0 saturated carbocycles. The molecular weight excluding hydrogens is 578 g/mol. The standard InChI is InChI=1S/C43H58P2/c1-6-11-23-35-27-15-19-31-39(35)44(40-32-20-16-28-36(40)24-12-7-2)43(10-5)45(41-33-21-17-29-37(41)25-13-8-3)42-34-22-18-30-38(42)26-14-9-4/h15-22,27-34,43H,6-14,23-26H2,1-5H3. The molecule has 240 valence electrons. The number of aryl methyl sites for hydroxylation is 4. The fourth-order valence-electron chi connectivity index (χ4n) is 6.68. The van der Waals surface area contributed by atoms with E-state index in [0.29, 0.717) is 5.40 Å². The third kappa shape index (κ3) is 9.40. The van der Waals surface area contributed by atoms with E-state index >= 15 is 0 Å². The molecule has 0 aromatic heterocycles. The highest BCUT2D eigenvalue weighted by molar-refractivity contribution is 7.89. The van der Waals surface area contributed by atoms with Gasteiger partial charge < -0.3 is 0 Å². The van der Waals surface area contributed by atoms with Gasteiger partial charge in [-0.2, -0.15) is 0 Å². The van der Waals surface area contributed by atoms with Crippen LogP contribution in [0, 0.1) is 0 Å². The highest BCUT2D eigenvalue weighted by atomic mass is 31.2. The van der Waals surface area contributed by atoms with Crippen LogP contribution in [0.2, 0.25) is 0 Å². The third-order valence-electron chi connectivity index (χ3n) is 9.16. The molecule has 4 aromatic carbocycles. The maximum Gasteiger partial charge on any atom is 0.0152 e. The summed E-state index contributed by atoms with van der Waals surface area (Å²) >= 11 is 0. The molecule has 0 unspecified atom stereocenters. The van der Waals surface area contributed by atoms with Gasteiger partial charge in [-0.05, 0) is 117 Å². The molecule has 0 radical (unpaired) electrons. The molecule has 0 heterocycles. The molecule has 45 heavy (non-hydrogen) atoms. The van der Waals surface area contributed by atoms with Gasteiger partial charge in [0.05, 0.1) is 0 Å². The Kier molecular flexibility index (Phi) is 15.4. The van der Waals surface area contributed by atoms with Gasteiger partial charge in [-0.1, -0.05) is 157 Å². The summed E-state index contributed by atoms with van der Waals surface area (Å²) in [5.74, 6) is 0. The second-order valence-corrected chi connectivity index (χ2v) is 17.6. The molecule has 0 N–H and O–H groups in total. The Bertz CT molecular complexity index is 1210. The quantitative estimate of drug-likeness (QED) is 0.0899. The number of hydrogen-bond acceptors (Lipinski definition) is 0. The van der Waals surface area contributed by atoms with Crippen LogP contribution in [0.5, 0.6) is 0 Å². The van der Waals surface area contributed by atoms with Crippen LogP contribution in [0.25, 0.3) is 0 Å². The van der Waals surface area contributed by atoms with Gasteiger partial charge >= 0.3 is 0 Å². The molecule has 0 aliphatic rings. The van der Waals surface area contributed by atoms with Gasteiger partial charge in [-0.3, -0.25) is 0 Å². The predicted octanol–water partition coefficient (Wildman–Crippen LogP) is 11.4. The first kappa shape index (κ1) is 35.6. The topological polar surface area (TPSA) is 0 Å². The minimum absolute atomic E-state index is 0.561. The number of hydrogen-bond donors (Lipinski definition) is 0. The fourth-order valence-corrected chi connectivity index (χ4v) is 14.6. The zero-order valence-corrected chi connectivity index (χ0v) is 30.7. The maximum atomic E-state index is 2.52. The highest BCUT2D eigenvalue weighted by Gasteiger charge is 2.36. The average Bonchev–Trinajstić information content (AvgIpc) is 3.09. The van der Waals surface area contributed by atoms with Crippen molar-refractivity contribution in [3.63, 3.8) is 0 Å². The summed E-state index contributed by atoms with van der Waals surface area (Å²) < 4.78 is 0. The molecule has 0 aliphatic heterocycles. The van der Waals surface area contributed by atoms with Crippen molar-refractivity contribution >= 4 is 37.1 Å². The minimum atomic E-state index is -0.597. The van der Waals surface area contributed by atoms with E-state index in [4.69, 9.17) is 0 Å². The van der Waals surface area contributed by atoms with Gasteiger partial charge in [0.1, 0.15) is 0 Å². The summed E-state index contributed by atoms with van der Waals surface area (Å²) in [4.78, 5) is 0. The first-order chi connectivity index (χ1) is 22.2. The lowest BCUT2D eigenvalue weighted by molar-refractivity contribution is 0.796. The van der Waals surface area contributed by atoms with E-state index in [0.717, 1.165) is 0 Å². The number of benzene rings is 4. The summed E-state index contributed by atoms with van der Waals surface area (Å²) in [6, 6.07) is 38.4. The zero-order valence-electron chi connectivity index (χ0n) is 28.9. The normalized spacial score (nSPS) is 11.6. The van der Waals surface area contributed by atoms with Crippen molar-refractivity contribution in [1.82, 2.24) is 0 Å². The van der Waals surface area contributed by atoms with Crippen LogP contribution < -0.4 is 21.2 Å². The van der Waals surface area contributed by atoms with Crippen LogP contribution in [-0.2, 0) is 25.7 Å². The molecule has 0 bridgehead atoms. The molecule has 0 atom stereocenters. The molecule has 0 saturated heterocycles. The van der Waals surface area contributed by atoms with E-state index in [1.165, 1.54) is 83.5 Å². The molecule has 0 nitrogen and oxygen atoms in total. The first-order valence-electron chi connectivity index (χ1n) is 18.1. The molecule has 0 amide bonds. The second kappa shape index (κ2) is 19.4. The Hall–Kier alpha value is -2.26. The van der Waals surface area contributed by atoms with E-state index in [1.54, 1.807) is 43.5 Å². The molecule has 2 heteroatoms. The van der Waals surface area contributed by atoms with Crippen molar-refractivity contribution < 1.29 is 0 Å². The van der Waals surface area contributed by atoms with E-state index in [-0.39, 0.29) is 0 Å². The molecule has 0 fully saturated rings. The van der Waals surface area contributed by atoms with Crippen LogP contribution in [0.1, 0.15) is 115 Å². The van der Waals surface area contributed by atoms with Crippen LogP contribution in [0.15, 0.2) is 97.1 Å². The summed E-state index contributed by atoms with van der Waals surface area (Å²) in [5.41, 5.74) is 6.34. The van der Waals surface area contributed by atoms with Crippen molar-refractivity contribution in [2.45, 2.75) is 123 Å². The van der Waals surface area contributed by atoms with Gasteiger partial charge in [0.2, 0.25) is 0 Å². The van der Waals surface area contributed by atoms with Crippen LogP contribution in [0.4, 0.5) is 0 Å². The monoisotopic (exact) mass is 636 g/mol. The number of unbranched alkanes of at least 4 members (excludes halogenated alkanes) is 4. The molecule has 4 rings (SSSR count). The minimum Gasteiger partial charge on any atom is -0.0654 e. The fraction of sp³-hybridized carbons (Fsp3) is 0.442. The summed E-state index contributed by atoms with van der Waals surface area (Å²) in [5, 5.41) is 7.12. The van der Waals surface area contributed by atoms with Crippen molar-refractivity contribution in [2.24, 2.45) is 0 Å². The third-order valence-corrected chi connectivity index (χ3v) is 16.3. The van der Waals surface area contributed by atoms with E-state index < -0.39 is 15.8 Å². The summed E-state index contributed by atoms with van der Waals surface area (Å²) in [6.45, 7) is 11.8.